The van der Waals surface area contributed by atoms with Crippen LogP contribution in [0.5, 0.6) is 0 Å². The Hall–Kier alpha value is -0.910. The summed E-state index contributed by atoms with van der Waals surface area (Å²) in [6.45, 7) is 7.48. The summed E-state index contributed by atoms with van der Waals surface area (Å²) in [6.07, 6.45) is 0. The summed E-state index contributed by atoms with van der Waals surface area (Å²) in [5.41, 5.74) is 6.67. The molecule has 0 aliphatic carbocycles. The molecule has 0 saturated heterocycles. The minimum absolute atomic E-state index is 0.247. The second-order valence-corrected chi connectivity index (χ2v) is 6.61. The fraction of sp³-hybridized carbons (Fsp3) is 0.500. The van der Waals surface area contributed by atoms with E-state index >= 15 is 0 Å². The Kier molecular flexibility index (Phi) is 3.96. The molecule has 0 bridgehead atoms. The van der Waals surface area contributed by atoms with Crippen molar-refractivity contribution in [2.75, 3.05) is 6.54 Å². The van der Waals surface area contributed by atoms with Gasteiger partial charge in [-0.2, -0.15) is 0 Å². The van der Waals surface area contributed by atoms with Crippen LogP contribution < -0.4 is 10.5 Å². The molecule has 1 rings (SSSR count). The summed E-state index contributed by atoms with van der Waals surface area (Å²) in [4.78, 5) is 0.310. The molecule has 4 nitrogen and oxygen atoms in total. The van der Waals surface area contributed by atoms with E-state index in [0.29, 0.717) is 4.90 Å². The lowest BCUT2D eigenvalue weighted by molar-refractivity contribution is 0.462. The van der Waals surface area contributed by atoms with E-state index in [1.54, 1.807) is 32.9 Å². The van der Waals surface area contributed by atoms with Crippen LogP contribution >= 0.6 is 0 Å². The van der Waals surface area contributed by atoms with Crippen LogP contribution in [0.15, 0.2) is 23.1 Å². The molecule has 1 aromatic rings. The molecule has 0 heterocycles. The van der Waals surface area contributed by atoms with Crippen LogP contribution in [0.25, 0.3) is 0 Å². The average Bonchev–Trinajstić information content (AvgIpc) is 2.15. The van der Waals surface area contributed by atoms with Crippen molar-refractivity contribution >= 4 is 10.0 Å². The molecule has 0 atom stereocenters. The van der Waals surface area contributed by atoms with Gasteiger partial charge in [0.05, 0.1) is 4.90 Å². The van der Waals surface area contributed by atoms with Crippen LogP contribution in [-0.4, -0.2) is 20.5 Å². The smallest absolute Gasteiger partial charge is 0.241 e. The van der Waals surface area contributed by atoms with E-state index < -0.39 is 15.6 Å². The average molecular weight is 256 g/mol. The highest BCUT2D eigenvalue weighted by Gasteiger charge is 2.25. The number of sulfonamides is 1. The monoisotopic (exact) mass is 256 g/mol. The Labute approximate surface area is 103 Å². The van der Waals surface area contributed by atoms with E-state index in [9.17, 15) is 8.42 Å². The molecule has 0 aromatic heterocycles. The van der Waals surface area contributed by atoms with Gasteiger partial charge in [-0.25, -0.2) is 13.1 Å². The number of benzene rings is 1. The summed E-state index contributed by atoms with van der Waals surface area (Å²) in [6, 6.07) is 5.26. The van der Waals surface area contributed by atoms with Crippen LogP contribution in [0, 0.1) is 13.8 Å². The van der Waals surface area contributed by atoms with Crippen LogP contribution in [0.1, 0.15) is 25.0 Å². The van der Waals surface area contributed by atoms with Crippen LogP contribution in [0.2, 0.25) is 0 Å². The van der Waals surface area contributed by atoms with Gasteiger partial charge in [0.25, 0.3) is 0 Å². The fourth-order valence-electron chi connectivity index (χ4n) is 1.56. The third-order valence-electron chi connectivity index (χ3n) is 2.54. The molecule has 3 N–H and O–H groups in total. The number of hydrogen-bond donors (Lipinski definition) is 2. The quantitative estimate of drug-likeness (QED) is 0.853. The first kappa shape index (κ1) is 14.2. The van der Waals surface area contributed by atoms with Crippen molar-refractivity contribution < 1.29 is 8.42 Å². The molecule has 0 saturated carbocycles. The molecule has 0 unspecified atom stereocenters. The fourth-order valence-corrected chi connectivity index (χ4v) is 3.21. The first-order valence-corrected chi connectivity index (χ1v) is 6.97. The minimum atomic E-state index is -3.51. The topological polar surface area (TPSA) is 72.2 Å². The van der Waals surface area contributed by atoms with Gasteiger partial charge in [0, 0.05) is 12.1 Å². The van der Waals surface area contributed by atoms with Gasteiger partial charge in [0.2, 0.25) is 10.0 Å². The van der Waals surface area contributed by atoms with Gasteiger partial charge >= 0.3 is 0 Å². The first-order valence-electron chi connectivity index (χ1n) is 5.49. The Morgan fingerprint density at radius 2 is 1.88 bits per heavy atom. The number of rotatable bonds is 4. The van der Waals surface area contributed by atoms with Gasteiger partial charge in [-0.15, -0.1) is 0 Å². The number of nitrogens with one attached hydrogen (secondary N) is 1. The Balaban J connectivity index is 3.14. The molecule has 0 amide bonds. The number of aryl methyl sites for hydroxylation is 2. The second kappa shape index (κ2) is 4.76. The molecular weight excluding hydrogens is 236 g/mol. The maximum absolute atomic E-state index is 12.2. The van der Waals surface area contributed by atoms with Crippen molar-refractivity contribution in [2.24, 2.45) is 5.73 Å². The van der Waals surface area contributed by atoms with Gasteiger partial charge < -0.3 is 5.73 Å². The number of hydrogen-bond acceptors (Lipinski definition) is 3. The van der Waals surface area contributed by atoms with Gasteiger partial charge in [0.15, 0.2) is 0 Å². The Bertz CT molecular complexity index is 507. The van der Waals surface area contributed by atoms with E-state index in [2.05, 4.69) is 4.72 Å². The normalized spacial score (nSPS) is 12.8. The first-order chi connectivity index (χ1) is 7.68. The highest BCUT2D eigenvalue weighted by molar-refractivity contribution is 7.89. The largest absolute Gasteiger partial charge is 0.329 e. The second-order valence-electron chi connectivity index (χ2n) is 4.96. The lowest BCUT2D eigenvalue weighted by Gasteiger charge is -2.24. The molecule has 0 aliphatic rings. The summed E-state index contributed by atoms with van der Waals surface area (Å²) >= 11 is 0. The van der Waals surface area contributed by atoms with Crippen molar-refractivity contribution in [2.45, 2.75) is 38.1 Å². The van der Waals surface area contributed by atoms with Crippen LogP contribution in [0.4, 0.5) is 0 Å². The highest BCUT2D eigenvalue weighted by atomic mass is 32.2. The summed E-state index contributed by atoms with van der Waals surface area (Å²) in [7, 11) is -3.51. The van der Waals surface area contributed by atoms with Crippen molar-refractivity contribution in [3.8, 4) is 0 Å². The minimum Gasteiger partial charge on any atom is -0.329 e. The van der Waals surface area contributed by atoms with E-state index in [1.165, 1.54) is 0 Å². The van der Waals surface area contributed by atoms with Crippen molar-refractivity contribution in [3.05, 3.63) is 29.3 Å². The zero-order valence-corrected chi connectivity index (χ0v) is 11.6. The maximum atomic E-state index is 12.2. The van der Waals surface area contributed by atoms with Gasteiger partial charge in [-0.1, -0.05) is 17.7 Å². The molecule has 1 aromatic carbocycles. The molecule has 5 heteroatoms. The SMILES string of the molecule is Cc1ccc(S(=O)(=O)NC(C)(C)CN)c(C)c1. The van der Waals surface area contributed by atoms with Crippen molar-refractivity contribution in [1.29, 1.82) is 0 Å². The van der Waals surface area contributed by atoms with Gasteiger partial charge in [-0.3, -0.25) is 0 Å². The highest BCUT2D eigenvalue weighted by Crippen LogP contribution is 2.18. The summed E-state index contributed by atoms with van der Waals surface area (Å²) < 4.78 is 27.0. The predicted octanol–water partition coefficient (Wildman–Crippen LogP) is 1.32. The van der Waals surface area contributed by atoms with Gasteiger partial charge in [-0.05, 0) is 39.3 Å². The van der Waals surface area contributed by atoms with Crippen LogP contribution in [-0.2, 0) is 10.0 Å². The molecular formula is C12H20N2O2S. The predicted molar refractivity (Wildman–Crippen MR) is 69.4 cm³/mol. The zero-order chi connectivity index (χ0) is 13.3. The third kappa shape index (κ3) is 3.52. The molecule has 0 aliphatic heterocycles. The maximum Gasteiger partial charge on any atom is 0.241 e. The Morgan fingerprint density at radius 1 is 1.29 bits per heavy atom. The van der Waals surface area contributed by atoms with Crippen LogP contribution in [0.3, 0.4) is 0 Å². The lowest BCUT2D eigenvalue weighted by Crippen LogP contribution is -2.48. The van der Waals surface area contributed by atoms with Crippen molar-refractivity contribution in [3.63, 3.8) is 0 Å². The van der Waals surface area contributed by atoms with Gasteiger partial charge in [0.1, 0.15) is 0 Å². The Morgan fingerprint density at radius 3 is 2.35 bits per heavy atom. The molecule has 0 fully saturated rings. The summed E-state index contributed by atoms with van der Waals surface area (Å²) in [5.74, 6) is 0. The molecule has 17 heavy (non-hydrogen) atoms. The van der Waals surface area contributed by atoms with Crippen molar-refractivity contribution in [1.82, 2.24) is 4.72 Å². The summed E-state index contributed by atoms with van der Waals surface area (Å²) in [5, 5.41) is 0. The van der Waals surface area contributed by atoms with E-state index in [0.717, 1.165) is 11.1 Å². The zero-order valence-electron chi connectivity index (χ0n) is 10.7. The molecule has 0 radical (unpaired) electrons. The molecule has 0 spiro atoms. The molecule has 96 valence electrons. The van der Waals surface area contributed by atoms with E-state index in [-0.39, 0.29) is 6.54 Å². The van der Waals surface area contributed by atoms with E-state index in [1.807, 2.05) is 13.0 Å². The van der Waals surface area contributed by atoms with E-state index in [4.69, 9.17) is 5.73 Å². The number of nitrogens with two attached hydrogens (primary N) is 1. The standard InChI is InChI=1S/C12H20N2O2S/c1-9-5-6-11(10(2)7-9)17(15,16)14-12(3,4)8-13/h5-7,14H,8,13H2,1-4H3. The third-order valence-corrected chi connectivity index (χ3v) is 4.40. The lowest BCUT2D eigenvalue weighted by atomic mass is 10.1.